The molecule has 1 rings (SSSR count). The van der Waals surface area contributed by atoms with Gasteiger partial charge < -0.3 is 9.47 Å². The van der Waals surface area contributed by atoms with Crippen LogP contribution in [0.15, 0.2) is 18.2 Å². The Balaban J connectivity index is 2.83. The van der Waals surface area contributed by atoms with Crippen LogP contribution in [0, 0.1) is 6.92 Å². The predicted octanol–water partition coefficient (Wildman–Crippen LogP) is 2.67. The average molecular weight is 222 g/mol. The Morgan fingerprint density at radius 1 is 1.38 bits per heavy atom. The number of carbonyl (C=O) groups excluding carboxylic acids is 1. The zero-order valence-electron chi connectivity index (χ0n) is 10.2. The van der Waals surface area contributed by atoms with Crippen molar-refractivity contribution in [1.29, 1.82) is 0 Å². The third-order valence-electron chi connectivity index (χ3n) is 2.70. The fourth-order valence-electron chi connectivity index (χ4n) is 1.59. The van der Waals surface area contributed by atoms with E-state index in [9.17, 15) is 4.79 Å². The molecule has 0 aliphatic rings. The molecule has 3 heteroatoms. The lowest BCUT2D eigenvalue weighted by Crippen LogP contribution is -2.06. The lowest BCUT2D eigenvalue weighted by molar-refractivity contribution is -0.140. The van der Waals surface area contributed by atoms with E-state index in [0.29, 0.717) is 6.42 Å². The normalized spacial score (nSPS) is 12.0. The molecule has 0 aromatic heterocycles. The summed E-state index contributed by atoms with van der Waals surface area (Å²) in [7, 11) is 3.06. The van der Waals surface area contributed by atoms with Crippen LogP contribution >= 0.6 is 0 Å². The van der Waals surface area contributed by atoms with Crippen LogP contribution in [0.5, 0.6) is 5.75 Å². The van der Waals surface area contributed by atoms with Gasteiger partial charge in [0.15, 0.2) is 0 Å². The second-order valence-corrected chi connectivity index (χ2v) is 3.91. The minimum atomic E-state index is -0.188. The molecule has 0 bridgehead atoms. The molecule has 0 saturated carbocycles. The van der Waals surface area contributed by atoms with Gasteiger partial charge in [0, 0.05) is 0 Å². The van der Waals surface area contributed by atoms with Crippen molar-refractivity contribution in [2.24, 2.45) is 0 Å². The minimum Gasteiger partial charge on any atom is -0.496 e. The molecule has 0 fully saturated rings. The number of methoxy groups -OCH3 is 2. The summed E-state index contributed by atoms with van der Waals surface area (Å²) in [6, 6.07) is 6.00. The van der Waals surface area contributed by atoms with Gasteiger partial charge in [-0.05, 0) is 30.0 Å². The van der Waals surface area contributed by atoms with E-state index in [1.54, 1.807) is 7.11 Å². The molecule has 0 N–H and O–H groups in total. The summed E-state index contributed by atoms with van der Waals surface area (Å²) < 4.78 is 9.90. The Hall–Kier alpha value is -1.51. The zero-order valence-corrected chi connectivity index (χ0v) is 10.2. The van der Waals surface area contributed by atoms with Crippen molar-refractivity contribution in [3.63, 3.8) is 0 Å². The van der Waals surface area contributed by atoms with Gasteiger partial charge in [-0.1, -0.05) is 19.1 Å². The van der Waals surface area contributed by atoms with Gasteiger partial charge in [-0.2, -0.15) is 0 Å². The van der Waals surface area contributed by atoms with Crippen LogP contribution in [0.4, 0.5) is 0 Å². The van der Waals surface area contributed by atoms with Gasteiger partial charge in [-0.3, -0.25) is 4.79 Å². The van der Waals surface area contributed by atoms with Crippen LogP contribution in [0.2, 0.25) is 0 Å². The fourth-order valence-corrected chi connectivity index (χ4v) is 1.59. The van der Waals surface area contributed by atoms with Crippen LogP contribution < -0.4 is 4.74 Å². The van der Waals surface area contributed by atoms with Gasteiger partial charge in [0.2, 0.25) is 0 Å². The van der Waals surface area contributed by atoms with E-state index in [-0.39, 0.29) is 11.9 Å². The van der Waals surface area contributed by atoms with Crippen molar-refractivity contribution >= 4 is 5.97 Å². The van der Waals surface area contributed by atoms with E-state index in [1.165, 1.54) is 7.11 Å². The first-order valence-corrected chi connectivity index (χ1v) is 5.29. The minimum absolute atomic E-state index is 0.141. The smallest absolute Gasteiger partial charge is 0.306 e. The van der Waals surface area contributed by atoms with Crippen molar-refractivity contribution in [3.8, 4) is 5.75 Å². The first kappa shape index (κ1) is 12.6. The van der Waals surface area contributed by atoms with Crippen molar-refractivity contribution in [2.45, 2.75) is 26.2 Å². The van der Waals surface area contributed by atoms with Crippen LogP contribution in [0.25, 0.3) is 0 Å². The Bertz CT molecular complexity index is 371. The Kier molecular flexibility index (Phi) is 4.35. The lowest BCUT2D eigenvalue weighted by atomic mass is 9.96. The van der Waals surface area contributed by atoms with Gasteiger partial charge in [0.1, 0.15) is 5.75 Å². The number of aryl methyl sites for hydroxylation is 1. The van der Waals surface area contributed by atoms with Crippen LogP contribution in [-0.4, -0.2) is 20.2 Å². The molecule has 0 radical (unpaired) electrons. The summed E-state index contributed by atoms with van der Waals surface area (Å²) in [4.78, 5) is 11.2. The average Bonchev–Trinajstić information content (AvgIpc) is 2.29. The molecule has 0 saturated heterocycles. The van der Waals surface area contributed by atoms with Crippen LogP contribution in [0.3, 0.4) is 0 Å². The standard InChI is InChI=1S/C13H18O3/c1-9-5-6-11(8-12(9)15-3)10(2)7-13(14)16-4/h5-6,8,10H,7H2,1-4H3. The van der Waals surface area contributed by atoms with Crippen LogP contribution in [0.1, 0.15) is 30.4 Å². The molecular formula is C13H18O3. The van der Waals surface area contributed by atoms with Gasteiger partial charge in [-0.15, -0.1) is 0 Å². The number of rotatable bonds is 4. The molecule has 16 heavy (non-hydrogen) atoms. The Labute approximate surface area is 96.4 Å². The Morgan fingerprint density at radius 2 is 2.06 bits per heavy atom. The number of esters is 1. The molecule has 1 aromatic carbocycles. The quantitative estimate of drug-likeness (QED) is 0.735. The van der Waals surface area contributed by atoms with Crippen molar-refractivity contribution in [2.75, 3.05) is 14.2 Å². The van der Waals surface area contributed by atoms with Crippen LogP contribution in [-0.2, 0) is 9.53 Å². The van der Waals surface area contributed by atoms with E-state index < -0.39 is 0 Å². The van der Waals surface area contributed by atoms with Crippen molar-refractivity contribution < 1.29 is 14.3 Å². The van der Waals surface area contributed by atoms with E-state index in [0.717, 1.165) is 16.9 Å². The molecule has 1 aromatic rings. The highest BCUT2D eigenvalue weighted by Crippen LogP contribution is 2.26. The number of hydrogen-bond donors (Lipinski definition) is 0. The maximum absolute atomic E-state index is 11.2. The highest BCUT2D eigenvalue weighted by Gasteiger charge is 2.12. The van der Waals surface area contributed by atoms with Gasteiger partial charge in [-0.25, -0.2) is 0 Å². The maximum atomic E-state index is 11.2. The maximum Gasteiger partial charge on any atom is 0.306 e. The summed E-state index contributed by atoms with van der Waals surface area (Å²) in [5.41, 5.74) is 2.18. The molecule has 0 heterocycles. The third-order valence-corrected chi connectivity index (χ3v) is 2.70. The molecule has 88 valence electrons. The van der Waals surface area contributed by atoms with Gasteiger partial charge >= 0.3 is 5.97 Å². The molecule has 1 atom stereocenters. The van der Waals surface area contributed by atoms with Crippen molar-refractivity contribution in [3.05, 3.63) is 29.3 Å². The second-order valence-electron chi connectivity index (χ2n) is 3.91. The van der Waals surface area contributed by atoms with E-state index in [1.807, 2.05) is 32.0 Å². The molecule has 0 spiro atoms. The summed E-state index contributed by atoms with van der Waals surface area (Å²) in [6.07, 6.45) is 0.392. The number of benzene rings is 1. The first-order valence-electron chi connectivity index (χ1n) is 5.29. The molecule has 0 aliphatic heterocycles. The van der Waals surface area contributed by atoms with Gasteiger partial charge in [0.25, 0.3) is 0 Å². The molecule has 3 nitrogen and oxygen atoms in total. The Morgan fingerprint density at radius 3 is 2.62 bits per heavy atom. The number of hydrogen-bond acceptors (Lipinski definition) is 3. The van der Waals surface area contributed by atoms with Crippen molar-refractivity contribution in [1.82, 2.24) is 0 Å². The molecular weight excluding hydrogens is 204 g/mol. The predicted molar refractivity (Wildman–Crippen MR) is 62.8 cm³/mol. The van der Waals surface area contributed by atoms with Gasteiger partial charge in [0.05, 0.1) is 20.6 Å². The van der Waals surface area contributed by atoms with E-state index in [2.05, 4.69) is 4.74 Å². The highest BCUT2D eigenvalue weighted by atomic mass is 16.5. The fraction of sp³-hybridized carbons (Fsp3) is 0.462. The summed E-state index contributed by atoms with van der Waals surface area (Å²) >= 11 is 0. The SMILES string of the molecule is COC(=O)CC(C)c1ccc(C)c(OC)c1. The highest BCUT2D eigenvalue weighted by molar-refractivity contribution is 5.70. The monoisotopic (exact) mass is 222 g/mol. The zero-order chi connectivity index (χ0) is 12.1. The first-order chi connectivity index (χ1) is 7.58. The largest absolute Gasteiger partial charge is 0.496 e. The molecule has 0 aliphatic carbocycles. The third kappa shape index (κ3) is 2.99. The topological polar surface area (TPSA) is 35.5 Å². The number of ether oxygens (including phenoxy) is 2. The molecule has 0 amide bonds. The summed E-state index contributed by atoms with van der Waals surface area (Å²) in [6.45, 7) is 3.99. The van der Waals surface area contributed by atoms with E-state index in [4.69, 9.17) is 4.74 Å². The summed E-state index contributed by atoms with van der Waals surface area (Å²) in [5.74, 6) is 0.809. The summed E-state index contributed by atoms with van der Waals surface area (Å²) in [5, 5.41) is 0. The van der Waals surface area contributed by atoms with E-state index >= 15 is 0 Å². The number of carbonyl (C=O) groups is 1. The second kappa shape index (κ2) is 5.54. The molecule has 1 unspecified atom stereocenters. The lowest BCUT2D eigenvalue weighted by Gasteiger charge is -2.13.